The van der Waals surface area contributed by atoms with Gasteiger partial charge < -0.3 is 10.0 Å². The topological polar surface area (TPSA) is 74.7 Å². The Morgan fingerprint density at radius 3 is 2.82 bits per heavy atom. The lowest BCUT2D eigenvalue weighted by Crippen LogP contribution is -2.38. The number of anilines is 1. The monoisotopic (exact) mass is 255 g/mol. The highest BCUT2D eigenvalue weighted by atomic mass is 32.2. The van der Waals surface area contributed by atoms with Gasteiger partial charge in [0.2, 0.25) is 0 Å². The van der Waals surface area contributed by atoms with Gasteiger partial charge in [-0.25, -0.2) is 8.42 Å². The van der Waals surface area contributed by atoms with E-state index in [0.717, 1.165) is 5.56 Å². The molecule has 1 aromatic rings. The van der Waals surface area contributed by atoms with Crippen LogP contribution in [0.4, 0.5) is 5.69 Å². The number of rotatable bonds is 2. The van der Waals surface area contributed by atoms with Crippen molar-refractivity contribution in [3.8, 4) is 0 Å². The predicted octanol–water partition coefficient (Wildman–Crippen LogP) is 0.673. The van der Waals surface area contributed by atoms with Crippen LogP contribution in [0.2, 0.25) is 0 Å². The van der Waals surface area contributed by atoms with Crippen molar-refractivity contribution in [2.75, 3.05) is 23.7 Å². The fourth-order valence-corrected chi connectivity index (χ4v) is 3.39. The number of benzene rings is 1. The van der Waals surface area contributed by atoms with Gasteiger partial charge in [0.05, 0.1) is 16.3 Å². The van der Waals surface area contributed by atoms with Gasteiger partial charge in [0.25, 0.3) is 0 Å². The minimum atomic E-state index is -3.26. The van der Waals surface area contributed by atoms with Gasteiger partial charge in [-0.15, -0.1) is 0 Å². The van der Waals surface area contributed by atoms with Gasteiger partial charge in [-0.3, -0.25) is 4.79 Å². The molecule has 0 fully saturated rings. The highest BCUT2D eigenvalue weighted by molar-refractivity contribution is 7.91. The summed E-state index contributed by atoms with van der Waals surface area (Å²) in [7, 11) is -3.26. The molecular formula is C11H13NO4S. The van der Waals surface area contributed by atoms with Crippen molar-refractivity contribution in [3.05, 3.63) is 23.8 Å². The molecule has 0 bridgehead atoms. The van der Waals surface area contributed by atoms with Crippen LogP contribution in [0.25, 0.3) is 0 Å². The van der Waals surface area contributed by atoms with Crippen LogP contribution in [-0.2, 0) is 14.6 Å². The minimum absolute atomic E-state index is 0.0314. The van der Waals surface area contributed by atoms with E-state index in [1.807, 2.05) is 6.92 Å². The van der Waals surface area contributed by atoms with Crippen LogP contribution in [0, 0.1) is 6.92 Å². The number of carbonyl (C=O) groups is 1. The molecule has 0 saturated carbocycles. The van der Waals surface area contributed by atoms with E-state index >= 15 is 0 Å². The standard InChI is InChI=1S/C11H13NO4S/c1-8-2-3-10-9(6-8)12(7-11(13)14)4-5-17(10,15)16/h2-3,6H,4-5,7H2,1H3,(H,13,14). The summed E-state index contributed by atoms with van der Waals surface area (Å²) in [5.74, 6) is -0.993. The number of carboxylic acid groups (broad SMARTS) is 1. The molecule has 0 unspecified atom stereocenters. The Morgan fingerprint density at radius 2 is 2.18 bits per heavy atom. The van der Waals surface area contributed by atoms with Crippen molar-refractivity contribution in [1.29, 1.82) is 0 Å². The lowest BCUT2D eigenvalue weighted by molar-refractivity contribution is -0.135. The molecule has 1 heterocycles. The molecule has 0 radical (unpaired) electrons. The zero-order valence-electron chi connectivity index (χ0n) is 9.38. The Kier molecular flexibility index (Phi) is 2.82. The Morgan fingerprint density at radius 1 is 1.47 bits per heavy atom. The lowest BCUT2D eigenvalue weighted by Gasteiger charge is -2.29. The molecule has 17 heavy (non-hydrogen) atoms. The molecule has 1 aromatic carbocycles. The first kappa shape index (κ1) is 11.9. The highest BCUT2D eigenvalue weighted by Crippen LogP contribution is 2.31. The third kappa shape index (κ3) is 2.26. The molecule has 6 heteroatoms. The molecule has 1 aliphatic rings. The second kappa shape index (κ2) is 4.03. The van der Waals surface area contributed by atoms with Crippen molar-refractivity contribution in [2.45, 2.75) is 11.8 Å². The van der Waals surface area contributed by atoms with Gasteiger partial charge in [-0.05, 0) is 24.6 Å². The van der Waals surface area contributed by atoms with Crippen LogP contribution in [0.15, 0.2) is 23.1 Å². The second-order valence-corrected chi connectivity index (χ2v) is 6.18. The van der Waals surface area contributed by atoms with E-state index in [1.165, 1.54) is 0 Å². The molecule has 1 aliphatic heterocycles. The van der Waals surface area contributed by atoms with E-state index in [2.05, 4.69) is 0 Å². The molecule has 0 aliphatic carbocycles. The molecule has 92 valence electrons. The van der Waals surface area contributed by atoms with Crippen LogP contribution >= 0.6 is 0 Å². The third-order valence-electron chi connectivity index (χ3n) is 2.75. The summed E-state index contributed by atoms with van der Waals surface area (Å²) in [4.78, 5) is 12.6. The first-order chi connectivity index (χ1) is 7.90. The van der Waals surface area contributed by atoms with E-state index in [-0.39, 0.29) is 23.7 Å². The molecular weight excluding hydrogens is 242 g/mol. The molecule has 1 N–H and O–H groups in total. The normalized spacial score (nSPS) is 17.6. The third-order valence-corrected chi connectivity index (χ3v) is 4.48. The van der Waals surface area contributed by atoms with Crippen LogP contribution in [0.3, 0.4) is 0 Å². The molecule has 0 saturated heterocycles. The van der Waals surface area contributed by atoms with Gasteiger partial charge in [-0.2, -0.15) is 0 Å². The number of carboxylic acids is 1. The first-order valence-electron chi connectivity index (χ1n) is 5.20. The molecule has 0 aromatic heterocycles. The van der Waals surface area contributed by atoms with E-state index in [1.54, 1.807) is 23.1 Å². The summed E-state index contributed by atoms with van der Waals surface area (Å²) < 4.78 is 23.7. The molecule has 2 rings (SSSR count). The Bertz CT molecular complexity index is 565. The number of aliphatic carboxylic acids is 1. The fraction of sp³-hybridized carbons (Fsp3) is 0.364. The Labute approximate surface area is 99.6 Å². The number of fused-ring (bicyclic) bond motifs is 1. The van der Waals surface area contributed by atoms with Gasteiger partial charge in [0, 0.05) is 6.54 Å². The summed E-state index contributed by atoms with van der Waals surface area (Å²) in [6, 6.07) is 4.99. The Balaban J connectivity index is 2.53. The number of hydrogen-bond donors (Lipinski definition) is 1. The van der Waals surface area contributed by atoms with E-state index in [4.69, 9.17) is 5.11 Å². The van der Waals surface area contributed by atoms with E-state index < -0.39 is 15.8 Å². The largest absolute Gasteiger partial charge is 0.480 e. The summed E-state index contributed by atoms with van der Waals surface area (Å²) in [6.07, 6.45) is 0. The second-order valence-electron chi connectivity index (χ2n) is 4.11. The zero-order chi connectivity index (χ0) is 12.6. The molecule has 0 atom stereocenters. The van der Waals surface area contributed by atoms with Gasteiger partial charge >= 0.3 is 5.97 Å². The average Bonchev–Trinajstić information content (AvgIpc) is 2.22. The maximum atomic E-state index is 11.8. The lowest BCUT2D eigenvalue weighted by atomic mass is 10.2. The van der Waals surface area contributed by atoms with Crippen molar-refractivity contribution in [1.82, 2.24) is 0 Å². The van der Waals surface area contributed by atoms with Crippen molar-refractivity contribution in [2.24, 2.45) is 0 Å². The summed E-state index contributed by atoms with van der Waals surface area (Å²) >= 11 is 0. The van der Waals surface area contributed by atoms with Gasteiger partial charge in [0.15, 0.2) is 9.84 Å². The van der Waals surface area contributed by atoms with Crippen LogP contribution in [-0.4, -0.2) is 38.3 Å². The summed E-state index contributed by atoms with van der Waals surface area (Å²) in [5, 5.41) is 8.80. The van der Waals surface area contributed by atoms with Crippen molar-refractivity contribution >= 4 is 21.5 Å². The maximum absolute atomic E-state index is 11.8. The zero-order valence-corrected chi connectivity index (χ0v) is 10.2. The SMILES string of the molecule is Cc1ccc2c(c1)N(CC(=O)O)CCS2(=O)=O. The molecule has 0 amide bonds. The van der Waals surface area contributed by atoms with Crippen LogP contribution < -0.4 is 4.90 Å². The van der Waals surface area contributed by atoms with Crippen molar-refractivity contribution in [3.63, 3.8) is 0 Å². The molecule has 0 spiro atoms. The molecule has 5 nitrogen and oxygen atoms in total. The number of hydrogen-bond acceptors (Lipinski definition) is 4. The number of aryl methyl sites for hydroxylation is 1. The smallest absolute Gasteiger partial charge is 0.323 e. The van der Waals surface area contributed by atoms with Crippen LogP contribution in [0.5, 0.6) is 0 Å². The first-order valence-corrected chi connectivity index (χ1v) is 6.85. The average molecular weight is 255 g/mol. The summed E-state index contributed by atoms with van der Waals surface area (Å²) in [6.45, 7) is 1.90. The van der Waals surface area contributed by atoms with E-state index in [0.29, 0.717) is 5.69 Å². The summed E-state index contributed by atoms with van der Waals surface area (Å²) in [5.41, 5.74) is 1.41. The Hall–Kier alpha value is -1.56. The quantitative estimate of drug-likeness (QED) is 0.840. The number of nitrogens with zero attached hydrogens (tertiary/aromatic N) is 1. The van der Waals surface area contributed by atoms with Crippen molar-refractivity contribution < 1.29 is 18.3 Å². The number of sulfone groups is 1. The maximum Gasteiger partial charge on any atom is 0.323 e. The predicted molar refractivity (Wildman–Crippen MR) is 63.1 cm³/mol. The van der Waals surface area contributed by atoms with E-state index in [9.17, 15) is 13.2 Å². The highest BCUT2D eigenvalue weighted by Gasteiger charge is 2.29. The van der Waals surface area contributed by atoms with Gasteiger partial charge in [0.1, 0.15) is 6.54 Å². The minimum Gasteiger partial charge on any atom is -0.480 e. The van der Waals surface area contributed by atoms with Gasteiger partial charge in [-0.1, -0.05) is 6.07 Å². The van der Waals surface area contributed by atoms with Crippen LogP contribution in [0.1, 0.15) is 5.56 Å². The fourth-order valence-electron chi connectivity index (χ4n) is 1.93.